The summed E-state index contributed by atoms with van der Waals surface area (Å²) in [5, 5.41) is 7.13. The Labute approximate surface area is 328 Å². The largest absolute Gasteiger partial charge is 0.456 e. The molecule has 0 aliphatic rings. The zero-order valence-electron chi connectivity index (χ0n) is 30.9. The number of benzene rings is 9. The third-order valence-corrected chi connectivity index (χ3v) is 11.7. The van der Waals surface area contributed by atoms with Gasteiger partial charge in [0.2, 0.25) is 0 Å². The van der Waals surface area contributed by atoms with E-state index in [1.54, 1.807) is 0 Å². The van der Waals surface area contributed by atoms with Crippen molar-refractivity contribution in [2.75, 3.05) is 0 Å². The van der Waals surface area contributed by atoms with Crippen LogP contribution in [0.1, 0.15) is 0 Å². The maximum atomic E-state index is 6.31. The summed E-state index contributed by atoms with van der Waals surface area (Å²) in [6.07, 6.45) is 0. The molecule has 3 heteroatoms. The first-order valence-electron chi connectivity index (χ1n) is 19.5. The van der Waals surface area contributed by atoms with Gasteiger partial charge in [-0.25, -0.2) is 0 Å². The fourth-order valence-corrected chi connectivity index (χ4v) is 9.14. The van der Waals surface area contributed by atoms with Gasteiger partial charge in [0.05, 0.1) is 22.1 Å². The van der Waals surface area contributed by atoms with E-state index >= 15 is 0 Å². The van der Waals surface area contributed by atoms with Crippen molar-refractivity contribution in [2.45, 2.75) is 0 Å². The fourth-order valence-electron chi connectivity index (χ4n) is 9.14. The SMILES string of the molecule is c1ccc(-c2cccc(-c3ccc(-n4c5ccccc5c5c(-c6ccc7oc8ccccc8c7c6)cc6c7ccccc7n(-c7ccccc7)c6c54)cc3)c2)cc1. The van der Waals surface area contributed by atoms with Crippen molar-refractivity contribution >= 4 is 65.6 Å². The van der Waals surface area contributed by atoms with Crippen LogP contribution in [0.2, 0.25) is 0 Å². The van der Waals surface area contributed by atoms with Crippen LogP contribution in [-0.2, 0) is 0 Å². The molecule has 0 aliphatic carbocycles. The van der Waals surface area contributed by atoms with Gasteiger partial charge in [0, 0.05) is 43.7 Å². The van der Waals surface area contributed by atoms with Crippen LogP contribution >= 0.6 is 0 Å². The molecule has 3 nitrogen and oxygen atoms in total. The Kier molecular flexibility index (Phi) is 6.93. The van der Waals surface area contributed by atoms with Crippen LogP contribution in [0.4, 0.5) is 0 Å². The van der Waals surface area contributed by atoms with Crippen molar-refractivity contribution in [1.29, 1.82) is 0 Å². The molecule has 3 aromatic heterocycles. The van der Waals surface area contributed by atoms with Gasteiger partial charge in [-0.2, -0.15) is 0 Å². The topological polar surface area (TPSA) is 23.0 Å². The average molecular weight is 727 g/mol. The lowest BCUT2D eigenvalue weighted by molar-refractivity contribution is 0.669. The van der Waals surface area contributed by atoms with Crippen LogP contribution in [-0.4, -0.2) is 9.13 Å². The highest BCUT2D eigenvalue weighted by Gasteiger charge is 2.25. The van der Waals surface area contributed by atoms with Crippen LogP contribution in [0.25, 0.3) is 110 Å². The molecule has 12 rings (SSSR count). The van der Waals surface area contributed by atoms with E-state index < -0.39 is 0 Å². The molecule has 0 amide bonds. The minimum absolute atomic E-state index is 0.898. The number of fused-ring (bicyclic) bond motifs is 10. The third kappa shape index (κ3) is 4.86. The lowest BCUT2D eigenvalue weighted by atomic mass is 9.95. The van der Waals surface area contributed by atoms with E-state index in [1.807, 2.05) is 6.07 Å². The second kappa shape index (κ2) is 12.5. The lowest BCUT2D eigenvalue weighted by Gasteiger charge is -2.15. The van der Waals surface area contributed by atoms with E-state index in [1.165, 1.54) is 71.4 Å². The summed E-state index contributed by atoms with van der Waals surface area (Å²) in [6, 6.07) is 74.5. The zero-order chi connectivity index (χ0) is 37.5. The smallest absolute Gasteiger partial charge is 0.135 e. The molecule has 3 heterocycles. The first kappa shape index (κ1) is 31.7. The predicted molar refractivity (Wildman–Crippen MR) is 239 cm³/mol. The highest BCUT2D eigenvalue weighted by molar-refractivity contribution is 6.28. The Morgan fingerprint density at radius 3 is 1.61 bits per heavy atom. The number of hydrogen-bond donors (Lipinski definition) is 0. The van der Waals surface area contributed by atoms with Crippen LogP contribution in [0, 0.1) is 0 Å². The van der Waals surface area contributed by atoms with E-state index in [-0.39, 0.29) is 0 Å². The first-order chi connectivity index (χ1) is 28.3. The van der Waals surface area contributed by atoms with Gasteiger partial charge in [-0.15, -0.1) is 0 Å². The van der Waals surface area contributed by atoms with E-state index in [0.717, 1.165) is 38.9 Å². The molecule has 0 saturated carbocycles. The highest BCUT2D eigenvalue weighted by atomic mass is 16.3. The zero-order valence-corrected chi connectivity index (χ0v) is 30.9. The Morgan fingerprint density at radius 1 is 0.298 bits per heavy atom. The first-order valence-corrected chi connectivity index (χ1v) is 19.5. The average Bonchev–Trinajstić information content (AvgIpc) is 3.95. The van der Waals surface area contributed by atoms with Crippen molar-refractivity contribution in [2.24, 2.45) is 0 Å². The number of para-hydroxylation sites is 4. The summed E-state index contributed by atoms with van der Waals surface area (Å²) in [5.41, 5.74) is 15.9. The van der Waals surface area contributed by atoms with Crippen LogP contribution in [0.3, 0.4) is 0 Å². The van der Waals surface area contributed by atoms with Crippen LogP contribution in [0.5, 0.6) is 0 Å². The van der Waals surface area contributed by atoms with Gasteiger partial charge in [-0.1, -0.05) is 140 Å². The molecule has 0 N–H and O–H groups in total. The fraction of sp³-hybridized carbons (Fsp3) is 0. The summed E-state index contributed by atoms with van der Waals surface area (Å²) in [5.74, 6) is 0. The molecule has 0 bridgehead atoms. The van der Waals surface area contributed by atoms with Gasteiger partial charge < -0.3 is 13.6 Å². The number of hydrogen-bond acceptors (Lipinski definition) is 1. The number of furan rings is 1. The summed E-state index contributed by atoms with van der Waals surface area (Å²) in [4.78, 5) is 0. The summed E-state index contributed by atoms with van der Waals surface area (Å²) in [6.45, 7) is 0. The second-order valence-electron chi connectivity index (χ2n) is 14.9. The molecule has 12 aromatic rings. The predicted octanol–water partition coefficient (Wildman–Crippen LogP) is 14.8. The molecule has 266 valence electrons. The minimum Gasteiger partial charge on any atom is -0.456 e. The van der Waals surface area contributed by atoms with Crippen molar-refractivity contribution in [3.63, 3.8) is 0 Å². The minimum atomic E-state index is 0.898. The van der Waals surface area contributed by atoms with Crippen LogP contribution < -0.4 is 0 Å². The van der Waals surface area contributed by atoms with Crippen LogP contribution in [0.15, 0.2) is 211 Å². The maximum Gasteiger partial charge on any atom is 0.135 e. The molecule has 0 radical (unpaired) electrons. The van der Waals surface area contributed by atoms with E-state index in [2.05, 4.69) is 209 Å². The van der Waals surface area contributed by atoms with Gasteiger partial charge in [-0.3, -0.25) is 0 Å². The van der Waals surface area contributed by atoms with Gasteiger partial charge in [0.15, 0.2) is 0 Å². The van der Waals surface area contributed by atoms with Gasteiger partial charge in [0.1, 0.15) is 11.2 Å². The molecular weight excluding hydrogens is 693 g/mol. The van der Waals surface area contributed by atoms with E-state index in [4.69, 9.17) is 4.42 Å². The Hall–Kier alpha value is -7.62. The quantitative estimate of drug-likeness (QED) is 0.173. The maximum absolute atomic E-state index is 6.31. The molecular formula is C54H34N2O. The second-order valence-corrected chi connectivity index (χ2v) is 14.9. The lowest BCUT2D eigenvalue weighted by Crippen LogP contribution is -1.99. The Morgan fingerprint density at radius 2 is 0.842 bits per heavy atom. The van der Waals surface area contributed by atoms with Crippen molar-refractivity contribution in [3.8, 4) is 44.8 Å². The molecule has 0 atom stereocenters. The van der Waals surface area contributed by atoms with Gasteiger partial charge >= 0.3 is 0 Å². The van der Waals surface area contributed by atoms with Gasteiger partial charge in [0.25, 0.3) is 0 Å². The molecule has 0 aliphatic heterocycles. The monoisotopic (exact) mass is 726 g/mol. The molecule has 57 heavy (non-hydrogen) atoms. The Balaban J connectivity index is 1.18. The van der Waals surface area contributed by atoms with Gasteiger partial charge in [-0.05, 0) is 100 Å². The molecule has 0 spiro atoms. The summed E-state index contributed by atoms with van der Waals surface area (Å²) >= 11 is 0. The molecule has 0 fully saturated rings. The van der Waals surface area contributed by atoms with Crippen molar-refractivity contribution < 1.29 is 4.42 Å². The van der Waals surface area contributed by atoms with Crippen molar-refractivity contribution in [1.82, 2.24) is 9.13 Å². The standard InChI is InChI=1S/C54H34N2O/c1-3-14-35(15-4-1)37-16-13-17-38(32-37)36-26-29-41(30-27-36)56-49-24-11-8-22-44(49)52-45(39-28-31-51-46(33-39)43-21-9-12-25-50(43)57-51)34-47-42-20-7-10-23-48(42)55(53(47)54(52)56)40-18-5-2-6-19-40/h1-34H. The summed E-state index contributed by atoms with van der Waals surface area (Å²) in [7, 11) is 0. The summed E-state index contributed by atoms with van der Waals surface area (Å²) < 4.78 is 11.3. The molecule has 0 unspecified atom stereocenters. The number of rotatable bonds is 5. The molecule has 0 saturated heterocycles. The Bertz CT molecular complexity index is 3490. The number of nitrogens with zero attached hydrogens (tertiary/aromatic N) is 2. The molecule has 9 aromatic carbocycles. The number of aromatic nitrogens is 2. The highest BCUT2D eigenvalue weighted by Crippen LogP contribution is 2.47. The third-order valence-electron chi connectivity index (χ3n) is 11.7. The van der Waals surface area contributed by atoms with E-state index in [0.29, 0.717) is 0 Å². The normalized spacial score (nSPS) is 11.9. The van der Waals surface area contributed by atoms with E-state index in [9.17, 15) is 0 Å². The van der Waals surface area contributed by atoms with Crippen molar-refractivity contribution in [3.05, 3.63) is 206 Å².